The van der Waals surface area contributed by atoms with Crippen LogP contribution in [-0.2, 0) is 21.7 Å². The Morgan fingerprint density at radius 1 is 0.362 bits per heavy atom. The van der Waals surface area contributed by atoms with Crippen molar-refractivity contribution in [3.05, 3.63) is 284 Å². The van der Waals surface area contributed by atoms with Crippen molar-refractivity contribution >= 4 is 74.8 Å². The van der Waals surface area contributed by atoms with Crippen LogP contribution in [0, 0.1) is 13.8 Å². The third-order valence-corrected chi connectivity index (χ3v) is 19.9. The molecule has 0 atom stereocenters. The van der Waals surface area contributed by atoms with E-state index < -0.39 is 10.8 Å². The lowest BCUT2D eigenvalue weighted by atomic mass is 9.29. The Balaban J connectivity index is 1.08. The summed E-state index contributed by atoms with van der Waals surface area (Å²) in [6, 6.07) is 78.5. The molecule has 0 unspecified atom stereocenters. The molecule has 2 spiro atoms. The molecule has 3 aliphatic heterocycles. The Labute approximate surface area is 470 Å². The summed E-state index contributed by atoms with van der Waals surface area (Å²) in [6.07, 6.45) is 0. The number of hydrogen-bond donors (Lipinski definition) is 0. The van der Waals surface area contributed by atoms with Gasteiger partial charge in [-0.3, -0.25) is 9.80 Å². The zero-order chi connectivity index (χ0) is 54.1. The van der Waals surface area contributed by atoms with Gasteiger partial charge >= 0.3 is 6.03 Å². The van der Waals surface area contributed by atoms with Crippen LogP contribution >= 0.6 is 0 Å². The van der Waals surface area contributed by atoms with Crippen LogP contribution in [0.3, 0.4) is 0 Å². The summed E-state index contributed by atoms with van der Waals surface area (Å²) < 4.78 is 0. The SMILES string of the molecule is Cc1cc2c3c4c5c(cc(C)c14)B(c1ccccc1)C1=C(c4ccc(C(C)(C)C)cc4C14c1ccccc1-c1ccccc14)N5C(=O)N3C1=C(B2c2ccccc2)C2(c3cc(C(C)(C)C)ccc31)c1ccccc1-c1ccccc12. The van der Waals surface area contributed by atoms with E-state index in [1.54, 1.807) is 0 Å². The molecule has 10 aromatic carbocycles. The first-order chi connectivity index (χ1) is 38.8. The van der Waals surface area contributed by atoms with Crippen LogP contribution in [0.5, 0.6) is 0 Å². The van der Waals surface area contributed by atoms with Crippen molar-refractivity contribution in [1.82, 2.24) is 0 Å². The van der Waals surface area contributed by atoms with Crippen LogP contribution in [0.25, 0.3) is 44.4 Å². The number of anilines is 2. The van der Waals surface area contributed by atoms with Crippen LogP contribution in [0.15, 0.2) is 217 Å². The van der Waals surface area contributed by atoms with E-state index in [1.165, 1.54) is 116 Å². The number of nitrogens with zero attached hydrogens (tertiary/aromatic N) is 2. The Kier molecular flexibility index (Phi) is 8.89. The second-order valence-electron chi connectivity index (χ2n) is 25.9. The average molecular weight is 1020 g/mol. The maximum atomic E-state index is 17.9. The van der Waals surface area contributed by atoms with Gasteiger partial charge in [-0.05, 0) is 130 Å². The average Bonchev–Trinajstić information content (AvgIpc) is 4.28. The van der Waals surface area contributed by atoms with Gasteiger partial charge in [-0.15, -0.1) is 0 Å². The van der Waals surface area contributed by atoms with Crippen molar-refractivity contribution in [2.24, 2.45) is 0 Å². The maximum absolute atomic E-state index is 17.9. The number of allylic oxidation sites excluding steroid dienone is 2. The molecule has 0 N–H and O–H groups in total. The van der Waals surface area contributed by atoms with Crippen LogP contribution in [0.1, 0.15) is 108 Å². The lowest BCUT2D eigenvalue weighted by Gasteiger charge is -2.49. The van der Waals surface area contributed by atoms with Crippen molar-refractivity contribution in [2.75, 3.05) is 9.80 Å². The number of urea groups is 1. The smallest absolute Gasteiger partial charge is 0.262 e. The van der Waals surface area contributed by atoms with Crippen LogP contribution < -0.4 is 31.7 Å². The highest BCUT2D eigenvalue weighted by atomic mass is 16.2. The van der Waals surface area contributed by atoms with Crippen LogP contribution in [0.4, 0.5) is 16.2 Å². The van der Waals surface area contributed by atoms with Crippen molar-refractivity contribution < 1.29 is 4.79 Å². The topological polar surface area (TPSA) is 23.6 Å². The summed E-state index contributed by atoms with van der Waals surface area (Å²) in [5.41, 5.74) is 29.5. The number of hydrogen-bond acceptors (Lipinski definition) is 1. The van der Waals surface area contributed by atoms with Gasteiger partial charge in [-0.25, -0.2) is 4.79 Å². The summed E-state index contributed by atoms with van der Waals surface area (Å²) in [5.74, 6) is 0. The van der Waals surface area contributed by atoms with E-state index in [9.17, 15) is 0 Å². The lowest BCUT2D eigenvalue weighted by Crippen LogP contribution is -2.61. The van der Waals surface area contributed by atoms with E-state index in [2.05, 4.69) is 271 Å². The van der Waals surface area contributed by atoms with Crippen molar-refractivity contribution in [3.63, 3.8) is 0 Å². The number of aryl methyl sites for hydroxylation is 2. The quantitative estimate of drug-likeness (QED) is 0.158. The predicted octanol–water partition coefficient (Wildman–Crippen LogP) is 14.6. The summed E-state index contributed by atoms with van der Waals surface area (Å²) >= 11 is 0. The molecule has 0 aromatic heterocycles. The molecule has 2 amide bonds. The first-order valence-electron chi connectivity index (χ1n) is 28.8. The predicted molar refractivity (Wildman–Crippen MR) is 334 cm³/mol. The van der Waals surface area contributed by atoms with E-state index in [0.29, 0.717) is 0 Å². The van der Waals surface area contributed by atoms with Gasteiger partial charge in [0.05, 0.1) is 33.6 Å². The number of amides is 2. The molecule has 17 rings (SSSR count). The second kappa shape index (κ2) is 15.4. The molecule has 3 nitrogen and oxygen atoms in total. The van der Waals surface area contributed by atoms with E-state index in [-0.39, 0.29) is 30.3 Å². The molecule has 0 bridgehead atoms. The molecule has 4 aliphatic carbocycles. The van der Waals surface area contributed by atoms with E-state index >= 15 is 4.79 Å². The van der Waals surface area contributed by atoms with Gasteiger partial charge in [-0.2, -0.15) is 0 Å². The fourth-order valence-corrected chi connectivity index (χ4v) is 16.8. The van der Waals surface area contributed by atoms with Crippen molar-refractivity contribution in [2.45, 2.75) is 77.0 Å². The number of benzene rings is 10. The van der Waals surface area contributed by atoms with Gasteiger partial charge in [0, 0.05) is 16.5 Å². The molecule has 0 saturated carbocycles. The Bertz CT molecular complexity index is 4190. The highest BCUT2D eigenvalue weighted by Gasteiger charge is 2.64. The second-order valence-corrected chi connectivity index (χ2v) is 25.9. The molecule has 80 heavy (non-hydrogen) atoms. The van der Waals surface area contributed by atoms with E-state index in [4.69, 9.17) is 0 Å². The van der Waals surface area contributed by atoms with Gasteiger partial charge < -0.3 is 0 Å². The summed E-state index contributed by atoms with van der Waals surface area (Å²) in [4.78, 5) is 22.5. The van der Waals surface area contributed by atoms with Gasteiger partial charge in [0.25, 0.3) is 0 Å². The summed E-state index contributed by atoms with van der Waals surface area (Å²) in [7, 11) is 0. The highest BCUT2D eigenvalue weighted by Crippen LogP contribution is 2.68. The fourth-order valence-electron chi connectivity index (χ4n) is 16.8. The molecular formula is C75H58B2N2O. The highest BCUT2D eigenvalue weighted by molar-refractivity contribution is 6.96. The summed E-state index contributed by atoms with van der Waals surface area (Å²) in [5, 5.41) is 2.38. The van der Waals surface area contributed by atoms with Crippen LogP contribution in [-0.4, -0.2) is 19.5 Å². The normalized spacial score (nSPS) is 16.8. The zero-order valence-electron chi connectivity index (χ0n) is 46.6. The lowest BCUT2D eigenvalue weighted by molar-refractivity contribution is 0.255. The number of carbonyl (C=O) groups is 1. The standard InChI is InChI=1S/C75H58B2N2O/c1-43-39-61-67-64-63(43)44(2)40-62-68(64)79(66-54-38-36-46(73(6,7)8)42-60(54)75(70(66)77(62)48-25-13-10-14-26-48)57-33-21-17-29-51(57)52-30-18-22-34-58(52)75)71(80)78(67)65-53-37-35-45(72(3,4)5)41-59(53)74(69(65)76(61)47-23-11-9-12-24-47)55-31-19-15-27-49(55)50-28-16-20-32-56(50)74/h9-42H,1-8H3. The van der Waals surface area contributed by atoms with E-state index in [1.807, 2.05) is 0 Å². The summed E-state index contributed by atoms with van der Waals surface area (Å²) in [6.45, 7) is 18.2. The monoisotopic (exact) mass is 1020 g/mol. The number of carbonyl (C=O) groups excluding carboxylic acids is 1. The third-order valence-electron chi connectivity index (χ3n) is 19.9. The molecule has 7 aliphatic rings. The Hall–Kier alpha value is -8.66. The molecule has 0 radical (unpaired) electrons. The first-order valence-corrected chi connectivity index (χ1v) is 28.8. The van der Waals surface area contributed by atoms with Gasteiger partial charge in [0.2, 0.25) is 13.4 Å². The number of rotatable bonds is 2. The molecule has 5 heteroatoms. The largest absolute Gasteiger partial charge is 0.338 e. The molecule has 3 heterocycles. The number of fused-ring (bicyclic) bond motifs is 20. The molecule has 380 valence electrons. The van der Waals surface area contributed by atoms with Gasteiger partial charge in [0.15, 0.2) is 0 Å². The minimum absolute atomic E-state index is 0.0306. The Morgan fingerprint density at radius 3 is 1.05 bits per heavy atom. The van der Waals surface area contributed by atoms with Gasteiger partial charge in [0.1, 0.15) is 0 Å². The van der Waals surface area contributed by atoms with Crippen molar-refractivity contribution in [1.29, 1.82) is 0 Å². The Morgan fingerprint density at radius 2 is 0.700 bits per heavy atom. The minimum atomic E-state index is -0.728. The minimum Gasteiger partial charge on any atom is -0.262 e. The molecule has 0 fully saturated rings. The molecular weight excluding hydrogens is 966 g/mol. The van der Waals surface area contributed by atoms with E-state index in [0.717, 1.165) is 39.3 Å². The molecule has 0 saturated heterocycles. The molecule has 10 aromatic rings. The van der Waals surface area contributed by atoms with Gasteiger partial charge in [-0.1, -0.05) is 259 Å². The van der Waals surface area contributed by atoms with Crippen molar-refractivity contribution in [3.8, 4) is 22.3 Å². The van der Waals surface area contributed by atoms with Crippen LogP contribution in [0.2, 0.25) is 0 Å². The third kappa shape index (κ3) is 5.38. The fraction of sp³-hybridized carbons (Fsp3) is 0.160. The first kappa shape index (κ1) is 46.3. The maximum Gasteiger partial charge on any atom is 0.338 e. The zero-order valence-corrected chi connectivity index (χ0v) is 46.6.